The Balaban J connectivity index is 2.00. The number of hydrogen-bond acceptors (Lipinski definition) is 2. The van der Waals surface area contributed by atoms with E-state index >= 15 is 0 Å². The van der Waals surface area contributed by atoms with Crippen LogP contribution in [0.3, 0.4) is 0 Å². The Bertz CT molecular complexity index is 589. The summed E-state index contributed by atoms with van der Waals surface area (Å²) >= 11 is 3.27. The van der Waals surface area contributed by atoms with E-state index in [2.05, 4.69) is 31.4 Å². The summed E-state index contributed by atoms with van der Waals surface area (Å²) in [6.07, 6.45) is 3.32. The van der Waals surface area contributed by atoms with Crippen LogP contribution in [-0.4, -0.2) is 17.1 Å². The number of carbonyl (C=O) groups excluding carboxylic acids is 1. The Kier molecular flexibility index (Phi) is 3.94. The van der Waals surface area contributed by atoms with Gasteiger partial charge in [-0.2, -0.15) is 5.10 Å². The molecule has 2 N–H and O–H groups in total. The highest BCUT2D eigenvalue weighted by molar-refractivity contribution is 9.10. The molecule has 4 nitrogen and oxygen atoms in total. The Morgan fingerprint density at radius 2 is 2.22 bits per heavy atom. The highest BCUT2D eigenvalue weighted by Gasteiger charge is 2.05. The van der Waals surface area contributed by atoms with Crippen molar-refractivity contribution in [2.45, 2.75) is 6.92 Å². The van der Waals surface area contributed by atoms with E-state index < -0.39 is 0 Å². The van der Waals surface area contributed by atoms with Crippen LogP contribution >= 0.6 is 15.9 Å². The zero-order valence-corrected chi connectivity index (χ0v) is 11.4. The van der Waals surface area contributed by atoms with Crippen LogP contribution in [0.4, 0.5) is 0 Å². The molecule has 0 radical (unpaired) electrons. The Hall–Kier alpha value is -1.88. The molecule has 0 bridgehead atoms. The summed E-state index contributed by atoms with van der Waals surface area (Å²) in [4.78, 5) is 14.5. The first kappa shape index (κ1) is 12.6. The molecule has 0 aliphatic carbocycles. The molecule has 0 spiro atoms. The number of nitrogens with zero attached hydrogens (tertiary/aromatic N) is 1. The van der Waals surface area contributed by atoms with Crippen molar-refractivity contribution < 1.29 is 4.79 Å². The maximum absolute atomic E-state index is 11.7. The second kappa shape index (κ2) is 5.64. The Labute approximate surface area is 113 Å². The molecule has 0 saturated carbocycles. The summed E-state index contributed by atoms with van der Waals surface area (Å²) < 4.78 is 0.829. The van der Waals surface area contributed by atoms with Gasteiger partial charge in [0.1, 0.15) is 5.69 Å². The van der Waals surface area contributed by atoms with E-state index in [1.165, 1.54) is 0 Å². The molecule has 1 amide bonds. The first-order chi connectivity index (χ1) is 8.66. The monoisotopic (exact) mass is 305 g/mol. The first-order valence-corrected chi connectivity index (χ1v) is 6.19. The molecule has 1 aromatic carbocycles. The molecule has 1 heterocycles. The third-order valence-electron chi connectivity index (χ3n) is 2.45. The van der Waals surface area contributed by atoms with E-state index in [9.17, 15) is 4.79 Å². The number of benzene rings is 1. The SMILES string of the molecule is Cc1ccccc1/C=N\NC(=O)c1cc(Br)c[nH]1. The number of nitrogens with one attached hydrogen (secondary N) is 2. The molecule has 1 aromatic heterocycles. The van der Waals surface area contributed by atoms with Gasteiger partial charge in [-0.15, -0.1) is 0 Å². The van der Waals surface area contributed by atoms with Crippen LogP contribution in [-0.2, 0) is 0 Å². The molecule has 92 valence electrons. The summed E-state index contributed by atoms with van der Waals surface area (Å²) in [5.74, 6) is -0.273. The van der Waals surface area contributed by atoms with Gasteiger partial charge in [-0.05, 0) is 40.0 Å². The van der Waals surface area contributed by atoms with E-state index in [1.54, 1.807) is 18.5 Å². The van der Waals surface area contributed by atoms with Gasteiger partial charge in [0.05, 0.1) is 6.21 Å². The molecule has 0 aliphatic heterocycles. The number of aromatic nitrogens is 1. The van der Waals surface area contributed by atoms with Gasteiger partial charge in [0.15, 0.2) is 0 Å². The number of aryl methyl sites for hydroxylation is 1. The molecule has 2 rings (SSSR count). The normalized spacial score (nSPS) is 10.8. The highest BCUT2D eigenvalue weighted by atomic mass is 79.9. The summed E-state index contributed by atoms with van der Waals surface area (Å²) in [6, 6.07) is 9.51. The maximum Gasteiger partial charge on any atom is 0.287 e. The van der Waals surface area contributed by atoms with Crippen molar-refractivity contribution in [3.8, 4) is 0 Å². The van der Waals surface area contributed by atoms with Gasteiger partial charge < -0.3 is 4.98 Å². The van der Waals surface area contributed by atoms with Crippen LogP contribution in [0.1, 0.15) is 21.6 Å². The molecule has 2 aromatic rings. The molecule has 18 heavy (non-hydrogen) atoms. The lowest BCUT2D eigenvalue weighted by atomic mass is 10.1. The minimum atomic E-state index is -0.273. The lowest BCUT2D eigenvalue weighted by Crippen LogP contribution is -2.17. The summed E-state index contributed by atoms with van der Waals surface area (Å²) in [5, 5.41) is 3.93. The largest absolute Gasteiger partial charge is 0.356 e. The maximum atomic E-state index is 11.7. The number of halogens is 1. The summed E-state index contributed by atoms with van der Waals surface area (Å²) in [7, 11) is 0. The lowest BCUT2D eigenvalue weighted by Gasteiger charge is -1.99. The minimum Gasteiger partial charge on any atom is -0.356 e. The van der Waals surface area contributed by atoms with Crippen molar-refractivity contribution in [3.63, 3.8) is 0 Å². The van der Waals surface area contributed by atoms with Gasteiger partial charge in [-0.25, -0.2) is 5.43 Å². The van der Waals surface area contributed by atoms with Crippen molar-refractivity contribution in [2.75, 3.05) is 0 Å². The quantitative estimate of drug-likeness (QED) is 0.665. The number of H-pyrrole nitrogens is 1. The topological polar surface area (TPSA) is 57.2 Å². The van der Waals surface area contributed by atoms with Crippen LogP contribution in [0, 0.1) is 6.92 Å². The van der Waals surface area contributed by atoms with Gasteiger partial charge in [-0.3, -0.25) is 4.79 Å². The van der Waals surface area contributed by atoms with Crippen LogP contribution < -0.4 is 5.43 Å². The van der Waals surface area contributed by atoms with E-state index in [4.69, 9.17) is 0 Å². The number of aromatic amines is 1. The molecule has 0 aliphatic rings. The highest BCUT2D eigenvalue weighted by Crippen LogP contribution is 2.10. The summed E-state index contributed by atoms with van der Waals surface area (Å²) in [6.45, 7) is 1.99. The molecule has 0 fully saturated rings. The number of hydrogen-bond donors (Lipinski definition) is 2. The fourth-order valence-corrected chi connectivity index (χ4v) is 1.79. The van der Waals surface area contributed by atoms with Gasteiger partial charge in [0, 0.05) is 10.7 Å². The third kappa shape index (κ3) is 3.07. The first-order valence-electron chi connectivity index (χ1n) is 5.40. The lowest BCUT2D eigenvalue weighted by molar-refractivity contribution is 0.0951. The zero-order chi connectivity index (χ0) is 13.0. The average Bonchev–Trinajstić information content (AvgIpc) is 2.78. The number of amides is 1. The molecule has 5 heteroatoms. The number of rotatable bonds is 3. The van der Waals surface area contributed by atoms with Gasteiger partial charge in [0.25, 0.3) is 5.91 Å². The van der Waals surface area contributed by atoms with Crippen LogP contribution in [0.25, 0.3) is 0 Å². The molecular formula is C13H12BrN3O. The second-order valence-electron chi connectivity index (χ2n) is 3.79. The number of hydrazone groups is 1. The van der Waals surface area contributed by atoms with E-state index in [0.29, 0.717) is 5.69 Å². The van der Waals surface area contributed by atoms with Crippen molar-refractivity contribution in [1.82, 2.24) is 10.4 Å². The Morgan fingerprint density at radius 1 is 1.44 bits per heavy atom. The van der Waals surface area contributed by atoms with Gasteiger partial charge in [0.2, 0.25) is 0 Å². The Morgan fingerprint density at radius 3 is 2.89 bits per heavy atom. The fourth-order valence-electron chi connectivity index (χ4n) is 1.45. The van der Waals surface area contributed by atoms with Crippen LogP contribution in [0.5, 0.6) is 0 Å². The van der Waals surface area contributed by atoms with Gasteiger partial charge in [-0.1, -0.05) is 24.3 Å². The second-order valence-corrected chi connectivity index (χ2v) is 4.70. The predicted molar refractivity (Wildman–Crippen MR) is 74.7 cm³/mol. The number of carbonyl (C=O) groups is 1. The standard InChI is InChI=1S/C13H12BrN3O/c1-9-4-2-3-5-10(9)7-16-17-13(18)12-6-11(14)8-15-12/h2-8,15H,1H3,(H,17,18)/b16-7-. The van der Waals surface area contributed by atoms with Crippen LogP contribution in [0.15, 0.2) is 46.1 Å². The van der Waals surface area contributed by atoms with Crippen LogP contribution in [0.2, 0.25) is 0 Å². The van der Waals surface area contributed by atoms with E-state index in [1.807, 2.05) is 31.2 Å². The van der Waals surface area contributed by atoms with Crippen molar-refractivity contribution in [1.29, 1.82) is 0 Å². The predicted octanol–water partition coefficient (Wildman–Crippen LogP) is 2.85. The zero-order valence-electron chi connectivity index (χ0n) is 9.77. The van der Waals surface area contributed by atoms with Crippen molar-refractivity contribution >= 4 is 28.1 Å². The fraction of sp³-hybridized carbons (Fsp3) is 0.0769. The molecule has 0 unspecified atom stereocenters. The minimum absolute atomic E-state index is 0.273. The van der Waals surface area contributed by atoms with E-state index in [0.717, 1.165) is 15.6 Å². The average molecular weight is 306 g/mol. The van der Waals surface area contributed by atoms with Crippen molar-refractivity contribution in [2.24, 2.45) is 5.10 Å². The van der Waals surface area contributed by atoms with E-state index in [-0.39, 0.29) is 5.91 Å². The smallest absolute Gasteiger partial charge is 0.287 e. The molecule has 0 atom stereocenters. The van der Waals surface area contributed by atoms with Gasteiger partial charge >= 0.3 is 0 Å². The molecular weight excluding hydrogens is 294 g/mol. The third-order valence-corrected chi connectivity index (χ3v) is 2.91. The van der Waals surface area contributed by atoms with Crippen molar-refractivity contribution in [3.05, 3.63) is 57.8 Å². The summed E-state index contributed by atoms with van der Waals surface area (Å²) in [5.41, 5.74) is 5.01. The molecule has 0 saturated heterocycles.